The number of rotatable bonds is 8. The number of methoxy groups -OCH3 is 1. The van der Waals surface area contributed by atoms with E-state index in [1.165, 1.54) is 4.57 Å². The molecule has 0 radical (unpaired) electrons. The molecule has 1 N–H and O–H groups in total. The number of aromatic hydroxyl groups is 1. The summed E-state index contributed by atoms with van der Waals surface area (Å²) in [6, 6.07) is 13.0. The second-order valence-corrected chi connectivity index (χ2v) is 8.40. The molecule has 0 aliphatic carbocycles. The molecular formula is C26H25N5O5. The van der Waals surface area contributed by atoms with Gasteiger partial charge in [0.2, 0.25) is 11.8 Å². The van der Waals surface area contributed by atoms with E-state index >= 15 is 0 Å². The van der Waals surface area contributed by atoms with E-state index in [2.05, 4.69) is 20.3 Å². The molecule has 5 rings (SSSR count). The van der Waals surface area contributed by atoms with Gasteiger partial charge in [-0.2, -0.15) is 4.98 Å². The summed E-state index contributed by atoms with van der Waals surface area (Å²) in [4.78, 5) is 17.4. The molecule has 0 aliphatic rings. The first-order valence-electron chi connectivity index (χ1n) is 11.7. The predicted molar refractivity (Wildman–Crippen MR) is 132 cm³/mol. The smallest absolute Gasteiger partial charge is 0.289 e. The first-order valence-corrected chi connectivity index (χ1v) is 11.7. The fourth-order valence-electron chi connectivity index (χ4n) is 4.20. The third-order valence-electron chi connectivity index (χ3n) is 5.99. The zero-order valence-corrected chi connectivity index (χ0v) is 20.2. The van der Waals surface area contributed by atoms with Gasteiger partial charge in [0.1, 0.15) is 17.3 Å². The summed E-state index contributed by atoms with van der Waals surface area (Å²) in [7, 11) is 1.55. The molecular weight excluding hydrogens is 462 g/mol. The van der Waals surface area contributed by atoms with Crippen molar-refractivity contribution in [2.24, 2.45) is 0 Å². The van der Waals surface area contributed by atoms with E-state index in [1.54, 1.807) is 13.2 Å². The normalized spacial score (nSPS) is 11.3. The lowest BCUT2D eigenvalue weighted by atomic mass is 10.1. The Hall–Kier alpha value is -4.47. The van der Waals surface area contributed by atoms with Gasteiger partial charge in [-0.05, 0) is 37.1 Å². The fraction of sp³-hybridized carbons (Fsp3) is 0.269. The van der Waals surface area contributed by atoms with Crippen LogP contribution in [0.1, 0.15) is 42.7 Å². The van der Waals surface area contributed by atoms with Crippen molar-refractivity contribution in [3.63, 3.8) is 0 Å². The Labute approximate surface area is 206 Å². The molecule has 2 aromatic carbocycles. The molecule has 0 bridgehead atoms. The van der Waals surface area contributed by atoms with Crippen LogP contribution >= 0.6 is 0 Å². The van der Waals surface area contributed by atoms with E-state index < -0.39 is 5.56 Å². The summed E-state index contributed by atoms with van der Waals surface area (Å²) >= 11 is 0. The maximum Gasteiger partial charge on any atom is 0.289 e. The summed E-state index contributed by atoms with van der Waals surface area (Å²) in [5, 5.41) is 24.4. The van der Waals surface area contributed by atoms with Gasteiger partial charge >= 0.3 is 0 Å². The number of fused-ring (bicyclic) bond motifs is 1. The number of ether oxygens (including phenoxy) is 1. The van der Waals surface area contributed by atoms with Gasteiger partial charge in [-0.1, -0.05) is 42.8 Å². The van der Waals surface area contributed by atoms with E-state index in [-0.39, 0.29) is 29.6 Å². The second kappa shape index (κ2) is 9.65. The Kier molecular flexibility index (Phi) is 6.24. The van der Waals surface area contributed by atoms with Crippen molar-refractivity contribution < 1.29 is 18.8 Å². The molecule has 0 saturated heterocycles. The molecule has 0 unspecified atom stereocenters. The number of nitrogens with zero attached hydrogens (tertiary/aromatic N) is 5. The van der Waals surface area contributed by atoms with E-state index in [9.17, 15) is 9.90 Å². The van der Waals surface area contributed by atoms with Gasteiger partial charge in [0.25, 0.3) is 11.4 Å². The SMILES string of the molecule is CCCCc1nc(=O)c(-c2nnc(Cc3noc4ccccc34)o2)c(O)n1-c1c(C)cccc1OC. The molecule has 5 aromatic rings. The minimum Gasteiger partial charge on any atom is -0.495 e. The number of unbranched alkanes of at least 4 members (excludes halogenated alkanes) is 1. The number of benzene rings is 2. The van der Waals surface area contributed by atoms with Crippen LogP contribution in [0.5, 0.6) is 11.6 Å². The van der Waals surface area contributed by atoms with Crippen LogP contribution in [-0.2, 0) is 12.8 Å². The van der Waals surface area contributed by atoms with Crippen LogP contribution in [0, 0.1) is 6.92 Å². The van der Waals surface area contributed by atoms with Crippen molar-refractivity contribution in [3.05, 3.63) is 75.8 Å². The van der Waals surface area contributed by atoms with Crippen molar-refractivity contribution in [3.8, 4) is 28.8 Å². The lowest BCUT2D eigenvalue weighted by molar-refractivity contribution is 0.399. The van der Waals surface area contributed by atoms with E-state index in [1.807, 2.05) is 50.2 Å². The highest BCUT2D eigenvalue weighted by Gasteiger charge is 2.26. The minimum atomic E-state index is -0.649. The van der Waals surface area contributed by atoms with Crippen molar-refractivity contribution >= 4 is 11.0 Å². The standard InChI is InChI=1S/C26H25N5O5/c1-4-5-13-20-27-24(32)22(26(33)31(20)23-15(2)9-8-12-19(23)34-3)25-29-28-21(35-25)14-17-16-10-6-7-11-18(16)36-30-17/h6-12,33H,4-5,13-14H2,1-3H3. The summed E-state index contributed by atoms with van der Waals surface area (Å²) in [5.74, 6) is 0.706. The summed E-state index contributed by atoms with van der Waals surface area (Å²) < 4.78 is 18.2. The predicted octanol–water partition coefficient (Wildman–Crippen LogP) is 4.38. The van der Waals surface area contributed by atoms with Crippen LogP contribution in [0.25, 0.3) is 28.1 Å². The fourth-order valence-corrected chi connectivity index (χ4v) is 4.20. The maximum atomic E-state index is 13.1. The highest BCUT2D eigenvalue weighted by Crippen LogP contribution is 2.35. The van der Waals surface area contributed by atoms with Crippen LogP contribution < -0.4 is 10.3 Å². The van der Waals surface area contributed by atoms with Gasteiger partial charge in [-0.3, -0.25) is 9.36 Å². The number of aryl methyl sites for hydroxylation is 2. The first kappa shape index (κ1) is 23.3. The molecule has 0 aliphatic heterocycles. The van der Waals surface area contributed by atoms with Crippen LogP contribution in [0.15, 0.2) is 56.2 Å². The van der Waals surface area contributed by atoms with Crippen LogP contribution in [0.3, 0.4) is 0 Å². The van der Waals surface area contributed by atoms with Gasteiger partial charge in [0.15, 0.2) is 11.1 Å². The van der Waals surface area contributed by atoms with E-state index in [0.29, 0.717) is 35.0 Å². The molecule has 36 heavy (non-hydrogen) atoms. The third-order valence-corrected chi connectivity index (χ3v) is 5.99. The topological polar surface area (TPSA) is 129 Å². The average Bonchev–Trinajstić information content (AvgIpc) is 3.50. The minimum absolute atomic E-state index is 0.129. The molecule has 0 amide bonds. The average molecular weight is 488 g/mol. The number of para-hydroxylation sites is 2. The Balaban J connectivity index is 1.61. The number of hydrogen-bond donors (Lipinski definition) is 1. The van der Waals surface area contributed by atoms with Crippen LogP contribution in [-0.4, -0.2) is 37.1 Å². The first-order chi connectivity index (χ1) is 17.5. The molecule has 3 heterocycles. The highest BCUT2D eigenvalue weighted by atomic mass is 16.5. The van der Waals surface area contributed by atoms with Gasteiger partial charge in [0.05, 0.1) is 19.2 Å². The molecule has 10 nitrogen and oxygen atoms in total. The van der Waals surface area contributed by atoms with Crippen LogP contribution in [0.2, 0.25) is 0 Å². The second-order valence-electron chi connectivity index (χ2n) is 8.40. The molecule has 0 saturated carbocycles. The maximum absolute atomic E-state index is 13.1. The molecule has 10 heteroatoms. The van der Waals surface area contributed by atoms with E-state index in [0.717, 1.165) is 23.8 Å². The number of hydrogen-bond acceptors (Lipinski definition) is 9. The van der Waals surface area contributed by atoms with Gasteiger partial charge in [-0.15, -0.1) is 10.2 Å². The van der Waals surface area contributed by atoms with E-state index in [4.69, 9.17) is 13.7 Å². The van der Waals surface area contributed by atoms with Crippen molar-refractivity contribution in [1.29, 1.82) is 0 Å². The van der Waals surface area contributed by atoms with Crippen molar-refractivity contribution in [2.75, 3.05) is 7.11 Å². The summed E-state index contributed by atoms with van der Waals surface area (Å²) in [6.07, 6.45) is 2.38. The zero-order valence-electron chi connectivity index (χ0n) is 20.2. The Bertz CT molecular complexity index is 1600. The Morgan fingerprint density at radius 1 is 1.11 bits per heavy atom. The quantitative estimate of drug-likeness (QED) is 0.339. The zero-order chi connectivity index (χ0) is 25.2. The summed E-state index contributed by atoms with van der Waals surface area (Å²) in [6.45, 7) is 3.94. The largest absolute Gasteiger partial charge is 0.495 e. The van der Waals surface area contributed by atoms with Crippen LogP contribution in [0.4, 0.5) is 0 Å². The van der Waals surface area contributed by atoms with Gasteiger partial charge < -0.3 is 18.8 Å². The third kappa shape index (κ3) is 4.10. The molecule has 0 spiro atoms. The van der Waals surface area contributed by atoms with Gasteiger partial charge in [-0.25, -0.2) is 0 Å². The Morgan fingerprint density at radius 2 is 1.94 bits per heavy atom. The van der Waals surface area contributed by atoms with Crippen molar-refractivity contribution in [2.45, 2.75) is 39.5 Å². The Morgan fingerprint density at radius 3 is 2.75 bits per heavy atom. The lowest BCUT2D eigenvalue weighted by Gasteiger charge is -2.20. The monoisotopic (exact) mass is 487 g/mol. The highest BCUT2D eigenvalue weighted by molar-refractivity contribution is 5.79. The lowest BCUT2D eigenvalue weighted by Crippen LogP contribution is -2.20. The molecule has 3 aromatic heterocycles. The summed E-state index contributed by atoms with van der Waals surface area (Å²) in [5.41, 5.74) is 1.87. The number of aromatic nitrogens is 5. The molecule has 0 fully saturated rings. The molecule has 0 atom stereocenters. The molecule has 184 valence electrons. The van der Waals surface area contributed by atoms with Crippen molar-refractivity contribution in [1.82, 2.24) is 24.9 Å². The van der Waals surface area contributed by atoms with Gasteiger partial charge in [0, 0.05) is 11.8 Å².